The summed E-state index contributed by atoms with van der Waals surface area (Å²) in [7, 11) is 0.283. The van der Waals surface area contributed by atoms with E-state index in [1.165, 1.54) is 0 Å². The third kappa shape index (κ3) is 2.06. The van der Waals surface area contributed by atoms with Crippen LogP contribution in [0.1, 0.15) is 17.5 Å². The number of fused-ring (bicyclic) bond motifs is 1. The van der Waals surface area contributed by atoms with Gasteiger partial charge in [0.05, 0.1) is 12.9 Å². The molecule has 0 saturated heterocycles. The number of allylic oxidation sites excluding steroid dienone is 1. The van der Waals surface area contributed by atoms with Crippen LogP contribution in [0.4, 0.5) is 0 Å². The quantitative estimate of drug-likeness (QED) is 0.681. The van der Waals surface area contributed by atoms with Crippen LogP contribution in [-0.2, 0) is 11.2 Å². The van der Waals surface area contributed by atoms with E-state index >= 15 is 0 Å². The predicted molar refractivity (Wildman–Crippen MR) is 59.6 cm³/mol. The van der Waals surface area contributed by atoms with E-state index in [0.717, 1.165) is 29.7 Å². The highest BCUT2D eigenvalue weighted by atomic mass is 16.5. The first-order valence-electron chi connectivity index (χ1n) is 4.94. The van der Waals surface area contributed by atoms with Crippen LogP contribution in [0.15, 0.2) is 24.0 Å². The van der Waals surface area contributed by atoms with Gasteiger partial charge in [-0.3, -0.25) is 0 Å². The Kier molecular flexibility index (Phi) is 2.80. The third-order valence-corrected chi connectivity index (χ3v) is 2.68. The predicted octanol–water partition coefficient (Wildman–Crippen LogP) is 0.300. The molecule has 1 aromatic rings. The lowest BCUT2D eigenvalue weighted by molar-refractivity contribution is 0.280. The average Bonchev–Trinajstić information content (AvgIpc) is 2.27. The van der Waals surface area contributed by atoms with E-state index in [4.69, 9.17) is 14.8 Å². The van der Waals surface area contributed by atoms with Crippen LogP contribution >= 0.6 is 0 Å². The zero-order valence-corrected chi connectivity index (χ0v) is 8.60. The maximum absolute atomic E-state index is 9.04. The Bertz CT molecular complexity index is 399. The molecule has 0 unspecified atom stereocenters. The molecule has 1 aromatic carbocycles. The van der Waals surface area contributed by atoms with Crippen molar-refractivity contribution >= 4 is 18.7 Å². The van der Waals surface area contributed by atoms with Crippen LogP contribution in [0.5, 0.6) is 0 Å². The minimum absolute atomic E-state index is 0.544. The Morgan fingerprint density at radius 2 is 2.07 bits per heavy atom. The second kappa shape index (κ2) is 4.09. The number of methoxy groups -OCH3 is 1. The van der Waals surface area contributed by atoms with Crippen molar-refractivity contribution in [3.63, 3.8) is 0 Å². The molecule has 0 aromatic heterocycles. The minimum Gasteiger partial charge on any atom is -0.501 e. The third-order valence-electron chi connectivity index (χ3n) is 2.68. The molecule has 1 aliphatic rings. The number of benzene rings is 1. The fourth-order valence-electron chi connectivity index (χ4n) is 1.81. The summed E-state index contributed by atoms with van der Waals surface area (Å²) in [5.41, 5.74) is 2.78. The van der Waals surface area contributed by atoms with Crippen molar-refractivity contribution in [1.82, 2.24) is 0 Å². The second-order valence-electron chi connectivity index (χ2n) is 3.65. The number of hydrogen-bond acceptors (Lipinski definition) is 3. The summed E-state index contributed by atoms with van der Waals surface area (Å²) in [6.45, 7) is 0. The van der Waals surface area contributed by atoms with Crippen LogP contribution in [0, 0.1) is 0 Å². The Balaban J connectivity index is 2.36. The van der Waals surface area contributed by atoms with Gasteiger partial charge < -0.3 is 14.8 Å². The van der Waals surface area contributed by atoms with Gasteiger partial charge in [0.15, 0.2) is 0 Å². The summed E-state index contributed by atoms with van der Waals surface area (Å²) in [6, 6.07) is 5.45. The van der Waals surface area contributed by atoms with Gasteiger partial charge in [0, 0.05) is 6.42 Å². The summed E-state index contributed by atoms with van der Waals surface area (Å²) in [5, 5.41) is 18.1. The van der Waals surface area contributed by atoms with E-state index in [1.807, 2.05) is 18.2 Å². The zero-order chi connectivity index (χ0) is 10.8. The monoisotopic (exact) mass is 204 g/mol. The molecule has 0 fully saturated rings. The van der Waals surface area contributed by atoms with Crippen molar-refractivity contribution in [2.45, 2.75) is 12.8 Å². The Labute approximate surface area is 89.2 Å². The van der Waals surface area contributed by atoms with Gasteiger partial charge in [-0.1, -0.05) is 18.2 Å². The summed E-state index contributed by atoms with van der Waals surface area (Å²) in [4.78, 5) is 0. The van der Waals surface area contributed by atoms with Crippen molar-refractivity contribution < 1.29 is 14.8 Å². The second-order valence-corrected chi connectivity index (χ2v) is 3.65. The number of ether oxygens (including phenoxy) is 1. The Hall–Kier alpha value is -1.26. The molecule has 0 atom stereocenters. The fraction of sp³-hybridized carbons (Fsp3) is 0.273. The van der Waals surface area contributed by atoms with Gasteiger partial charge in [-0.15, -0.1) is 0 Å². The summed E-state index contributed by atoms with van der Waals surface area (Å²) < 4.78 is 5.19. The summed E-state index contributed by atoms with van der Waals surface area (Å²) in [6.07, 6.45) is 3.75. The van der Waals surface area contributed by atoms with Crippen LogP contribution in [0.3, 0.4) is 0 Å². The van der Waals surface area contributed by atoms with Crippen LogP contribution in [0.2, 0.25) is 0 Å². The van der Waals surface area contributed by atoms with Crippen molar-refractivity contribution in [3.8, 4) is 0 Å². The van der Waals surface area contributed by atoms with Crippen molar-refractivity contribution in [2.24, 2.45) is 0 Å². The molecule has 0 spiro atoms. The van der Waals surface area contributed by atoms with Gasteiger partial charge in [-0.25, -0.2) is 0 Å². The van der Waals surface area contributed by atoms with E-state index in [1.54, 1.807) is 13.2 Å². The zero-order valence-electron chi connectivity index (χ0n) is 8.60. The van der Waals surface area contributed by atoms with E-state index in [-0.39, 0.29) is 0 Å². The lowest BCUT2D eigenvalue weighted by Crippen LogP contribution is -2.30. The van der Waals surface area contributed by atoms with Crippen molar-refractivity contribution in [1.29, 1.82) is 0 Å². The Morgan fingerprint density at radius 3 is 2.73 bits per heavy atom. The van der Waals surface area contributed by atoms with Crippen molar-refractivity contribution in [3.05, 3.63) is 35.1 Å². The molecule has 0 amide bonds. The van der Waals surface area contributed by atoms with Crippen molar-refractivity contribution in [2.75, 3.05) is 7.11 Å². The van der Waals surface area contributed by atoms with E-state index < -0.39 is 7.12 Å². The van der Waals surface area contributed by atoms with E-state index in [9.17, 15) is 0 Å². The molecular weight excluding hydrogens is 191 g/mol. The molecule has 78 valence electrons. The molecule has 3 nitrogen and oxygen atoms in total. The highest BCUT2D eigenvalue weighted by Crippen LogP contribution is 2.23. The summed E-state index contributed by atoms with van der Waals surface area (Å²) in [5.74, 6) is 0.972. The van der Waals surface area contributed by atoms with Crippen LogP contribution in [-0.4, -0.2) is 24.3 Å². The lowest BCUT2D eigenvalue weighted by Gasteiger charge is -2.16. The highest BCUT2D eigenvalue weighted by Gasteiger charge is 2.15. The van der Waals surface area contributed by atoms with E-state index in [0.29, 0.717) is 5.46 Å². The van der Waals surface area contributed by atoms with Gasteiger partial charge in [0.25, 0.3) is 0 Å². The maximum atomic E-state index is 9.04. The molecule has 15 heavy (non-hydrogen) atoms. The molecule has 4 heteroatoms. The fourth-order valence-corrected chi connectivity index (χ4v) is 1.81. The lowest BCUT2D eigenvalue weighted by atomic mass is 9.78. The first kappa shape index (κ1) is 10.3. The van der Waals surface area contributed by atoms with E-state index in [2.05, 4.69) is 0 Å². The molecule has 1 aliphatic carbocycles. The molecular formula is C11H13BO3. The van der Waals surface area contributed by atoms with Gasteiger partial charge >= 0.3 is 7.12 Å². The highest BCUT2D eigenvalue weighted by molar-refractivity contribution is 6.58. The smallest absolute Gasteiger partial charge is 0.488 e. The molecule has 0 saturated carbocycles. The number of aryl methyl sites for hydroxylation is 1. The van der Waals surface area contributed by atoms with Crippen LogP contribution < -0.4 is 5.46 Å². The van der Waals surface area contributed by atoms with Gasteiger partial charge in [0.2, 0.25) is 0 Å². The molecule has 0 aliphatic heterocycles. The summed E-state index contributed by atoms with van der Waals surface area (Å²) >= 11 is 0. The SMILES string of the molecule is COC1=Cc2ccc(B(O)O)cc2CC1. The molecule has 2 rings (SSSR count). The first-order chi connectivity index (χ1) is 7.20. The maximum Gasteiger partial charge on any atom is 0.488 e. The van der Waals surface area contributed by atoms with Gasteiger partial charge in [0.1, 0.15) is 0 Å². The largest absolute Gasteiger partial charge is 0.501 e. The topological polar surface area (TPSA) is 49.7 Å². The number of hydrogen-bond donors (Lipinski definition) is 2. The van der Waals surface area contributed by atoms with Gasteiger partial charge in [-0.2, -0.15) is 0 Å². The first-order valence-corrected chi connectivity index (χ1v) is 4.94. The molecule has 0 heterocycles. The Morgan fingerprint density at radius 1 is 1.27 bits per heavy atom. The standard InChI is InChI=1S/C11H13BO3/c1-15-11-5-3-8-6-10(12(13)14)4-2-9(8)7-11/h2,4,6-7,13-14H,3,5H2,1H3. The molecule has 2 N–H and O–H groups in total. The molecule has 0 radical (unpaired) electrons. The normalized spacial score (nSPS) is 14.2. The molecule has 0 bridgehead atoms. The van der Waals surface area contributed by atoms with Crippen LogP contribution in [0.25, 0.3) is 6.08 Å². The van der Waals surface area contributed by atoms with Gasteiger partial charge in [-0.05, 0) is 29.1 Å². The number of rotatable bonds is 2. The average molecular weight is 204 g/mol. The minimum atomic E-state index is -1.39.